The molecular weight excluding hydrogens is 574 g/mol. The lowest BCUT2D eigenvalue weighted by atomic mass is 10.1. The highest BCUT2D eigenvalue weighted by Crippen LogP contribution is 2.36. The Kier molecular flexibility index (Phi) is 11.2. The molecule has 0 aliphatic carbocycles. The van der Waals surface area contributed by atoms with Crippen molar-refractivity contribution < 1.29 is 47.2 Å². The number of aliphatic hydroxyl groups is 1. The highest BCUT2D eigenvalue weighted by molar-refractivity contribution is 7.46. The first-order valence-electron chi connectivity index (χ1n) is 11.7. The lowest BCUT2D eigenvalue weighted by Gasteiger charge is -2.32. The van der Waals surface area contributed by atoms with Crippen molar-refractivity contribution in [3.8, 4) is 11.3 Å². The summed E-state index contributed by atoms with van der Waals surface area (Å²) in [6.45, 7) is -0.178. The molecule has 2 unspecified atom stereocenters. The van der Waals surface area contributed by atoms with Crippen molar-refractivity contribution in [1.82, 2.24) is 15.6 Å². The lowest BCUT2D eigenvalue weighted by Crippen LogP contribution is -2.52. The largest absolute Gasteiger partial charge is 0.469 e. The topological polar surface area (TPSA) is 184 Å². The molecule has 2 amide bonds. The number of carbonyl (C=O) groups is 2. The molecule has 2 aromatic carbocycles. The number of aliphatic hydroxyl groups excluding tert-OH is 1. The third-order valence-electron chi connectivity index (χ3n) is 5.36. The fourth-order valence-corrected chi connectivity index (χ4v) is 4.11. The van der Waals surface area contributed by atoms with Crippen molar-refractivity contribution in [3.63, 3.8) is 0 Å². The van der Waals surface area contributed by atoms with Crippen molar-refractivity contribution >= 4 is 37.2 Å². The number of phosphoric acid groups is 1. The summed E-state index contributed by atoms with van der Waals surface area (Å²) in [7, 11) is -4.88. The molecule has 40 heavy (non-hydrogen) atoms. The van der Waals surface area contributed by atoms with E-state index in [4.69, 9.17) is 30.6 Å². The second-order valence-corrected chi connectivity index (χ2v) is 10.0. The van der Waals surface area contributed by atoms with E-state index >= 15 is 0 Å². The highest BCUT2D eigenvalue weighted by atomic mass is 35.5. The molecule has 0 aliphatic heterocycles. The van der Waals surface area contributed by atoms with Crippen LogP contribution in [0.3, 0.4) is 0 Å². The summed E-state index contributed by atoms with van der Waals surface area (Å²) in [5.41, 5.74) is 3.81. The molecule has 3 aromatic rings. The number of halogens is 2. The van der Waals surface area contributed by atoms with Gasteiger partial charge >= 0.3 is 13.9 Å². The third kappa shape index (κ3) is 9.68. The van der Waals surface area contributed by atoms with E-state index in [0.717, 1.165) is 10.6 Å². The van der Waals surface area contributed by atoms with E-state index in [1.54, 1.807) is 24.3 Å². The number of aromatic nitrogens is 1. The van der Waals surface area contributed by atoms with Crippen LogP contribution in [0.25, 0.3) is 11.3 Å². The Labute approximate surface area is 233 Å². The Hall–Kier alpha value is -3.36. The smallest absolute Gasteiger partial charge is 0.447 e. The minimum atomic E-state index is -4.88. The maximum Gasteiger partial charge on any atom is 0.469 e. The van der Waals surface area contributed by atoms with Gasteiger partial charge in [-0.05, 0) is 11.6 Å². The molecule has 0 saturated heterocycles. The number of carbonyl (C=O) groups excluding carboxylic acids is 2. The van der Waals surface area contributed by atoms with Gasteiger partial charge in [0, 0.05) is 31.5 Å². The molecule has 0 fully saturated rings. The van der Waals surface area contributed by atoms with Crippen molar-refractivity contribution in [2.24, 2.45) is 0 Å². The van der Waals surface area contributed by atoms with Gasteiger partial charge in [0.25, 0.3) is 0 Å². The quantitative estimate of drug-likeness (QED) is 0.143. The normalized spacial score (nSPS) is 12.9. The van der Waals surface area contributed by atoms with Crippen molar-refractivity contribution in [2.75, 3.05) is 18.5 Å². The van der Waals surface area contributed by atoms with Crippen LogP contribution in [-0.2, 0) is 25.2 Å². The number of hydrogen-bond acceptors (Lipinski definition) is 9. The molecular formula is C24H27ClFN4O9P. The summed E-state index contributed by atoms with van der Waals surface area (Å²) in [5.74, 6) is -0.795. The summed E-state index contributed by atoms with van der Waals surface area (Å²) in [6, 6.07) is 13.5. The number of hydrazine groups is 1. The van der Waals surface area contributed by atoms with Crippen molar-refractivity contribution in [2.45, 2.75) is 32.0 Å². The Morgan fingerprint density at radius 1 is 1.18 bits per heavy atom. The van der Waals surface area contributed by atoms with E-state index in [0.29, 0.717) is 11.3 Å². The van der Waals surface area contributed by atoms with Crippen LogP contribution < -0.4 is 10.7 Å². The maximum atomic E-state index is 13.8. The molecule has 216 valence electrons. The summed E-state index contributed by atoms with van der Waals surface area (Å²) in [4.78, 5) is 42.8. The molecule has 13 nitrogen and oxygen atoms in total. The molecule has 3 rings (SSSR count). The van der Waals surface area contributed by atoms with Crippen LogP contribution in [0.1, 0.15) is 18.9 Å². The van der Waals surface area contributed by atoms with Gasteiger partial charge in [-0.25, -0.2) is 19.2 Å². The van der Waals surface area contributed by atoms with E-state index in [-0.39, 0.29) is 23.8 Å². The van der Waals surface area contributed by atoms with Gasteiger partial charge in [-0.3, -0.25) is 19.6 Å². The number of amides is 2. The third-order valence-corrected chi connectivity index (χ3v) is 6.27. The molecule has 0 radical (unpaired) electrons. The van der Waals surface area contributed by atoms with Gasteiger partial charge in [0.1, 0.15) is 12.4 Å². The second-order valence-electron chi connectivity index (χ2n) is 8.43. The number of phosphoric ester groups is 1. The fourth-order valence-electron chi connectivity index (χ4n) is 3.55. The summed E-state index contributed by atoms with van der Waals surface area (Å²) in [6.07, 6.45) is -2.77. The van der Waals surface area contributed by atoms with Crippen LogP contribution in [0.15, 0.2) is 59.1 Å². The standard InChI is InChI=1S/C24H27ClFN4O9P/c1-15(31)30(27-12-17-8-5-9-20(26)23(17)25)18(10-19(32)14-38-40(34,35)36)13-37-24(33)28-22-11-21(39-29-22)16-6-3-2-4-7-16/h2-9,11,18-19,27,32H,10,12-14H2,1H3,(H,28,29,33)(H2,34,35,36). The molecule has 5 N–H and O–H groups in total. The first kappa shape index (κ1) is 31.2. The molecule has 1 heterocycles. The van der Waals surface area contributed by atoms with E-state index in [9.17, 15) is 23.7 Å². The van der Waals surface area contributed by atoms with Crippen LogP contribution in [-0.4, -0.2) is 62.4 Å². The zero-order valence-corrected chi connectivity index (χ0v) is 22.7. The van der Waals surface area contributed by atoms with Gasteiger partial charge in [-0.15, -0.1) is 0 Å². The maximum absolute atomic E-state index is 13.8. The van der Waals surface area contributed by atoms with Gasteiger partial charge in [0.05, 0.1) is 23.8 Å². The van der Waals surface area contributed by atoms with Crippen LogP contribution in [0.5, 0.6) is 0 Å². The minimum Gasteiger partial charge on any atom is -0.447 e. The molecule has 0 spiro atoms. The fraction of sp³-hybridized carbons (Fsp3) is 0.292. The lowest BCUT2D eigenvalue weighted by molar-refractivity contribution is -0.137. The van der Waals surface area contributed by atoms with Crippen LogP contribution in [0.2, 0.25) is 5.02 Å². The van der Waals surface area contributed by atoms with Gasteiger partial charge in [-0.1, -0.05) is 59.2 Å². The zero-order valence-electron chi connectivity index (χ0n) is 21.1. The van der Waals surface area contributed by atoms with Gasteiger partial charge in [-0.2, -0.15) is 0 Å². The zero-order chi connectivity index (χ0) is 29.3. The number of hydrogen-bond donors (Lipinski definition) is 5. The predicted molar refractivity (Wildman–Crippen MR) is 140 cm³/mol. The van der Waals surface area contributed by atoms with E-state index in [2.05, 4.69) is 20.4 Å². The molecule has 2 atom stereocenters. The average Bonchev–Trinajstić information content (AvgIpc) is 3.36. The minimum absolute atomic E-state index is 0.0535. The van der Waals surface area contributed by atoms with Crippen molar-refractivity contribution in [1.29, 1.82) is 0 Å². The first-order chi connectivity index (χ1) is 18.9. The van der Waals surface area contributed by atoms with E-state index in [1.807, 2.05) is 6.07 Å². The summed E-state index contributed by atoms with van der Waals surface area (Å²) < 4.78 is 39.6. The summed E-state index contributed by atoms with van der Waals surface area (Å²) in [5, 5.41) is 17.3. The monoisotopic (exact) mass is 600 g/mol. The Balaban J connectivity index is 1.69. The first-order valence-corrected chi connectivity index (χ1v) is 13.6. The number of ether oxygens (including phenoxy) is 1. The van der Waals surface area contributed by atoms with Crippen LogP contribution in [0.4, 0.5) is 15.0 Å². The number of anilines is 1. The van der Waals surface area contributed by atoms with Crippen LogP contribution in [0, 0.1) is 5.82 Å². The number of rotatable bonds is 13. The average molecular weight is 601 g/mol. The number of nitrogens with zero attached hydrogens (tertiary/aromatic N) is 2. The molecule has 16 heteroatoms. The molecule has 0 aliphatic rings. The van der Waals surface area contributed by atoms with Crippen LogP contribution >= 0.6 is 19.4 Å². The number of nitrogens with one attached hydrogen (secondary N) is 2. The van der Waals surface area contributed by atoms with Gasteiger partial charge in [0.15, 0.2) is 11.6 Å². The molecule has 0 saturated carbocycles. The molecule has 1 aromatic heterocycles. The predicted octanol–water partition coefficient (Wildman–Crippen LogP) is 3.46. The molecule has 0 bridgehead atoms. The second kappa shape index (κ2) is 14.3. The Morgan fingerprint density at radius 3 is 2.58 bits per heavy atom. The Bertz CT molecular complexity index is 1340. The van der Waals surface area contributed by atoms with Crippen molar-refractivity contribution in [3.05, 3.63) is 71.0 Å². The Morgan fingerprint density at radius 2 is 1.90 bits per heavy atom. The summed E-state index contributed by atoms with van der Waals surface area (Å²) >= 11 is 5.98. The van der Waals surface area contributed by atoms with E-state index < -0.39 is 51.0 Å². The van der Waals surface area contributed by atoms with Gasteiger partial charge < -0.3 is 24.2 Å². The highest BCUT2D eigenvalue weighted by Gasteiger charge is 2.28. The number of benzene rings is 2. The SMILES string of the molecule is CC(=O)N(NCc1cccc(F)c1Cl)C(COC(=O)Nc1cc(-c2ccccc2)on1)CC(O)COP(=O)(O)O. The van der Waals surface area contributed by atoms with Gasteiger partial charge in [0.2, 0.25) is 5.91 Å². The van der Waals surface area contributed by atoms with E-state index in [1.165, 1.54) is 31.2 Å².